The van der Waals surface area contributed by atoms with Gasteiger partial charge in [-0.05, 0) is 47.6 Å². The van der Waals surface area contributed by atoms with Gasteiger partial charge in [-0.3, -0.25) is 14.4 Å². The summed E-state index contributed by atoms with van der Waals surface area (Å²) >= 11 is -2.25. The third-order valence-corrected chi connectivity index (χ3v) is 4.63. The first-order valence-corrected chi connectivity index (χ1v) is 8.75. The molecular formula is C16H23AlO5. The Morgan fingerprint density at radius 2 is 1.09 bits per heavy atom. The maximum Gasteiger partial charge on any atom is 0.860 e. The Bertz CT molecular complexity index is 453. The molecule has 0 aromatic rings. The average molecular weight is 322 g/mol. The van der Waals surface area contributed by atoms with Crippen molar-refractivity contribution in [3.8, 4) is 0 Å². The van der Waals surface area contributed by atoms with Crippen molar-refractivity contribution in [2.45, 2.75) is 46.8 Å². The van der Waals surface area contributed by atoms with Gasteiger partial charge in [0.25, 0.3) is 0 Å². The highest BCUT2D eigenvalue weighted by Gasteiger charge is 2.33. The third-order valence-electron chi connectivity index (χ3n) is 2.39. The second kappa shape index (κ2) is 10.1. The van der Waals surface area contributed by atoms with Gasteiger partial charge in [-0.2, -0.15) is 0 Å². The average Bonchev–Trinajstić information content (AvgIpc) is 2.23. The molecule has 0 atom stereocenters. The van der Waals surface area contributed by atoms with Gasteiger partial charge in [-0.25, -0.2) is 0 Å². The Morgan fingerprint density at radius 1 is 0.727 bits per heavy atom. The largest absolute Gasteiger partial charge is 0.860 e. The first-order chi connectivity index (χ1) is 10.1. The summed E-state index contributed by atoms with van der Waals surface area (Å²) in [5.74, 6) is 0.664. The van der Waals surface area contributed by atoms with Gasteiger partial charge in [0.2, 0.25) is 0 Å². The minimum Gasteiger partial charge on any atom is -0.615 e. The van der Waals surface area contributed by atoms with Crippen LogP contribution in [0.15, 0.2) is 35.3 Å². The van der Waals surface area contributed by atoms with Crippen LogP contribution in [0.1, 0.15) is 41.5 Å². The van der Waals surface area contributed by atoms with E-state index in [4.69, 9.17) is 7.58 Å². The maximum absolute atomic E-state index is 11.1. The van der Waals surface area contributed by atoms with Crippen LogP contribution in [0.25, 0.3) is 0 Å². The second-order valence-corrected chi connectivity index (χ2v) is 6.94. The first-order valence-electron chi connectivity index (χ1n) is 6.99. The molecule has 120 valence electrons. The quantitative estimate of drug-likeness (QED) is 0.371. The molecule has 0 rings (SSSR count). The summed E-state index contributed by atoms with van der Waals surface area (Å²) in [4.78, 5) is 33.3. The van der Waals surface area contributed by atoms with Crippen LogP contribution in [0.4, 0.5) is 0 Å². The van der Waals surface area contributed by atoms with Crippen LogP contribution in [0.2, 0.25) is 5.28 Å². The van der Waals surface area contributed by atoms with Gasteiger partial charge >= 0.3 is 14.8 Å². The summed E-state index contributed by atoms with van der Waals surface area (Å²) < 4.78 is 11.4. The topological polar surface area (TPSA) is 69.7 Å². The molecule has 0 aliphatic rings. The number of hydrogen-bond donors (Lipinski definition) is 0. The number of ketones is 3. The normalized spacial score (nSPS) is 12.7. The standard InChI is InChI=1S/C6H9O.2C5H8O2.Al/c1-5(2)4-6(3)7;2*1-4(6)3-5(2)7;/h4H,1H2,2-3H3;2*3,6H,1-2H3;/q;;;+2/p-2/b5-4+;2*4-3-;. The Labute approximate surface area is 136 Å². The minimum atomic E-state index is -2.25. The van der Waals surface area contributed by atoms with Crippen molar-refractivity contribution in [1.29, 1.82) is 0 Å². The van der Waals surface area contributed by atoms with Gasteiger partial charge in [-0.1, -0.05) is 5.57 Å². The lowest BCUT2D eigenvalue weighted by molar-refractivity contribution is -0.113. The van der Waals surface area contributed by atoms with Gasteiger partial charge in [-0.15, -0.1) is 0 Å². The van der Waals surface area contributed by atoms with Gasteiger partial charge < -0.3 is 7.58 Å². The molecule has 0 aromatic carbocycles. The molecular weight excluding hydrogens is 299 g/mol. The fourth-order valence-corrected chi connectivity index (χ4v) is 3.66. The molecule has 0 N–H and O–H groups in total. The summed E-state index contributed by atoms with van der Waals surface area (Å²) in [6.07, 6.45) is 4.30. The van der Waals surface area contributed by atoms with E-state index in [9.17, 15) is 14.4 Å². The number of carbonyl (C=O) groups excluding carboxylic acids is 3. The monoisotopic (exact) mass is 322 g/mol. The van der Waals surface area contributed by atoms with Crippen molar-refractivity contribution in [2.75, 3.05) is 0 Å². The lowest BCUT2D eigenvalue weighted by atomic mass is 10.3. The smallest absolute Gasteiger partial charge is 0.615 e. The zero-order valence-electron chi connectivity index (χ0n) is 14.1. The Morgan fingerprint density at radius 3 is 1.41 bits per heavy atom. The van der Waals surface area contributed by atoms with Crippen molar-refractivity contribution >= 4 is 32.2 Å². The summed E-state index contributed by atoms with van der Waals surface area (Å²) in [5, 5.41) is 0.478. The molecule has 0 heterocycles. The van der Waals surface area contributed by atoms with E-state index < -0.39 is 14.8 Å². The zero-order valence-corrected chi connectivity index (χ0v) is 15.2. The molecule has 0 saturated heterocycles. The highest BCUT2D eigenvalue weighted by atomic mass is 27.2. The fraction of sp³-hybridized carbons (Fsp3) is 0.438. The number of allylic oxidation sites excluding steroid dienone is 6. The molecule has 0 aliphatic heterocycles. The summed E-state index contributed by atoms with van der Waals surface area (Å²) in [6.45, 7) is 9.53. The molecule has 5 nitrogen and oxygen atoms in total. The van der Waals surface area contributed by atoms with E-state index in [1.54, 1.807) is 13.8 Å². The van der Waals surface area contributed by atoms with Crippen molar-refractivity contribution in [1.82, 2.24) is 0 Å². The Kier molecular flexibility index (Phi) is 9.39. The van der Waals surface area contributed by atoms with Crippen LogP contribution in [-0.4, -0.2) is 32.2 Å². The minimum absolute atomic E-state index is 0.0442. The van der Waals surface area contributed by atoms with Crippen LogP contribution < -0.4 is 0 Å². The predicted molar refractivity (Wildman–Crippen MR) is 86.0 cm³/mol. The van der Waals surface area contributed by atoms with Crippen LogP contribution >= 0.6 is 0 Å². The summed E-state index contributed by atoms with van der Waals surface area (Å²) in [6, 6.07) is 0. The number of rotatable bonds is 9. The van der Waals surface area contributed by atoms with Crippen LogP contribution in [-0.2, 0) is 22.0 Å². The van der Waals surface area contributed by atoms with Crippen LogP contribution in [0.3, 0.4) is 0 Å². The van der Waals surface area contributed by atoms with E-state index in [1.807, 2.05) is 6.92 Å². The number of hydrogen-bond acceptors (Lipinski definition) is 5. The van der Waals surface area contributed by atoms with Crippen LogP contribution in [0, 0.1) is 0 Å². The van der Waals surface area contributed by atoms with Crippen molar-refractivity contribution < 1.29 is 22.0 Å². The van der Waals surface area contributed by atoms with E-state index in [-0.39, 0.29) is 17.3 Å². The fourth-order valence-electron chi connectivity index (χ4n) is 1.83. The van der Waals surface area contributed by atoms with Gasteiger partial charge in [0.05, 0.1) is 11.5 Å². The van der Waals surface area contributed by atoms with E-state index in [0.717, 1.165) is 5.57 Å². The molecule has 0 saturated carbocycles. The summed E-state index contributed by atoms with van der Waals surface area (Å²) in [7, 11) is 0. The third kappa shape index (κ3) is 11.1. The SMILES string of the molecule is CC(=O)/C=C(/C)[CH2][Al]([O]/C(C)=C\C(C)=O)[O]/C(C)=C\C(C)=O. The highest BCUT2D eigenvalue weighted by Crippen LogP contribution is 2.14. The van der Waals surface area contributed by atoms with Crippen LogP contribution in [0.5, 0.6) is 0 Å². The lowest BCUT2D eigenvalue weighted by Crippen LogP contribution is -2.22. The lowest BCUT2D eigenvalue weighted by Gasteiger charge is -2.17. The maximum atomic E-state index is 11.1. The van der Waals surface area contributed by atoms with E-state index >= 15 is 0 Å². The van der Waals surface area contributed by atoms with Gasteiger partial charge in [0.15, 0.2) is 17.3 Å². The Hall–Kier alpha value is -1.64. The van der Waals surface area contributed by atoms with Gasteiger partial charge in [0, 0.05) is 17.4 Å². The number of carbonyl (C=O) groups is 3. The highest BCUT2D eigenvalue weighted by molar-refractivity contribution is 6.46. The van der Waals surface area contributed by atoms with E-state index in [0.29, 0.717) is 16.8 Å². The van der Waals surface area contributed by atoms with Crippen molar-refractivity contribution in [2.24, 2.45) is 0 Å². The van der Waals surface area contributed by atoms with Crippen molar-refractivity contribution in [3.05, 3.63) is 35.3 Å². The summed E-state index contributed by atoms with van der Waals surface area (Å²) in [5.41, 5.74) is 0.843. The molecule has 6 heteroatoms. The molecule has 0 spiro atoms. The molecule has 0 unspecified atom stereocenters. The molecule has 0 bridgehead atoms. The van der Waals surface area contributed by atoms with E-state index in [2.05, 4.69) is 0 Å². The van der Waals surface area contributed by atoms with Crippen molar-refractivity contribution in [3.63, 3.8) is 0 Å². The molecule has 0 amide bonds. The predicted octanol–water partition coefficient (Wildman–Crippen LogP) is 3.03. The van der Waals surface area contributed by atoms with Gasteiger partial charge in [0.1, 0.15) is 0 Å². The second-order valence-electron chi connectivity index (χ2n) is 5.20. The molecule has 0 aliphatic carbocycles. The first kappa shape index (κ1) is 20.4. The Balaban J connectivity index is 5.10. The molecule has 0 fully saturated rings. The molecule has 0 radical (unpaired) electrons. The van der Waals surface area contributed by atoms with E-state index in [1.165, 1.54) is 39.0 Å². The zero-order chi connectivity index (χ0) is 17.3. The molecule has 0 aromatic heterocycles. The molecule has 22 heavy (non-hydrogen) atoms.